The number of hydrogen-bond acceptors (Lipinski definition) is 4. The number of pyridine rings is 2. The van der Waals surface area contributed by atoms with Crippen molar-refractivity contribution in [3.8, 4) is 34.9 Å². The Kier molecular flexibility index (Phi) is 13.7. The standard InChI is InChI=1S/C18H10F4N3.2C11H8N.Ir/c1-2-7-25-18-16(21)14(19)13(15(20)17(18)22)12(10-5-3-8-23-10)11-6-4-9-24-11;2*1-2-6-10(7-3-1)11-8-4-5-9-12-11;/h1,3-6,8-9,25H,7H2;2*1-6,8-9H;/q3*-1;+3/b12-10+;;;. The summed E-state index contributed by atoms with van der Waals surface area (Å²) in [6, 6.07) is 36.6. The molecule has 7 rings (SSSR count). The van der Waals surface area contributed by atoms with Crippen LogP contribution in [0.3, 0.4) is 0 Å². The maximum absolute atomic E-state index is 14.6. The van der Waals surface area contributed by atoms with Gasteiger partial charge < -0.3 is 20.3 Å². The third kappa shape index (κ3) is 9.17. The molecule has 0 unspecified atom stereocenters. The Balaban J connectivity index is 0.000000187. The second-order valence-electron chi connectivity index (χ2n) is 9.97. The van der Waals surface area contributed by atoms with E-state index in [9.17, 15) is 17.6 Å². The van der Waals surface area contributed by atoms with Gasteiger partial charge in [-0.15, -0.1) is 83.9 Å². The van der Waals surface area contributed by atoms with Crippen LogP contribution < -0.4 is 10.3 Å². The van der Waals surface area contributed by atoms with Crippen molar-refractivity contribution in [2.45, 2.75) is 0 Å². The minimum absolute atomic E-state index is 0. The summed E-state index contributed by atoms with van der Waals surface area (Å²) in [7, 11) is 0. The molecule has 5 nitrogen and oxygen atoms in total. The molecular weight excluding hydrogens is 819 g/mol. The molecule has 50 heavy (non-hydrogen) atoms. The smallest absolute Gasteiger partial charge is 0.664 e. The average Bonchev–Trinajstić information content (AvgIpc) is 3.91. The summed E-state index contributed by atoms with van der Waals surface area (Å²) >= 11 is 0. The van der Waals surface area contributed by atoms with Gasteiger partial charge in [-0.3, -0.25) is 4.99 Å². The van der Waals surface area contributed by atoms with E-state index in [1.54, 1.807) is 12.4 Å². The van der Waals surface area contributed by atoms with E-state index in [1.807, 2.05) is 84.9 Å². The van der Waals surface area contributed by atoms with Crippen LogP contribution in [-0.4, -0.2) is 22.7 Å². The fourth-order valence-corrected chi connectivity index (χ4v) is 4.58. The van der Waals surface area contributed by atoms with Gasteiger partial charge in [0.1, 0.15) is 5.69 Å². The third-order valence-electron chi connectivity index (χ3n) is 6.80. The van der Waals surface area contributed by atoms with Crippen LogP contribution in [0.25, 0.3) is 28.1 Å². The molecule has 3 aromatic carbocycles. The summed E-state index contributed by atoms with van der Waals surface area (Å²) in [4.78, 5) is 16.4. The maximum atomic E-state index is 14.6. The monoisotopic (exact) mass is 845 g/mol. The zero-order chi connectivity index (χ0) is 34.4. The molecule has 0 atom stereocenters. The van der Waals surface area contributed by atoms with E-state index in [0.717, 1.165) is 22.5 Å². The molecule has 0 spiro atoms. The van der Waals surface area contributed by atoms with Crippen molar-refractivity contribution < 1.29 is 37.7 Å². The molecule has 0 bridgehead atoms. The van der Waals surface area contributed by atoms with Crippen LogP contribution in [0, 0.1) is 47.7 Å². The maximum Gasteiger partial charge on any atom is 3.00 e. The first-order valence-corrected chi connectivity index (χ1v) is 14.8. The van der Waals surface area contributed by atoms with Crippen molar-refractivity contribution in [3.05, 3.63) is 180 Å². The number of terminal acetylenes is 1. The van der Waals surface area contributed by atoms with Gasteiger partial charge in [-0.1, -0.05) is 42.3 Å². The van der Waals surface area contributed by atoms with Gasteiger partial charge in [-0.25, -0.2) is 17.6 Å². The van der Waals surface area contributed by atoms with Crippen molar-refractivity contribution in [1.29, 1.82) is 0 Å². The number of anilines is 1. The van der Waals surface area contributed by atoms with E-state index in [-0.39, 0.29) is 43.6 Å². The van der Waals surface area contributed by atoms with E-state index in [1.165, 1.54) is 36.7 Å². The zero-order valence-electron chi connectivity index (χ0n) is 26.1. The Morgan fingerprint density at radius 3 is 1.74 bits per heavy atom. The van der Waals surface area contributed by atoms with E-state index in [4.69, 9.17) is 6.42 Å². The molecule has 0 saturated carbocycles. The number of nitrogens with zero attached hydrogens (tertiary/aromatic N) is 4. The average molecular weight is 845 g/mol. The summed E-state index contributed by atoms with van der Waals surface area (Å²) in [6.45, 7) is -0.294. The summed E-state index contributed by atoms with van der Waals surface area (Å²) in [6.07, 6.45) is 14.3. The van der Waals surface area contributed by atoms with Crippen LogP contribution in [0.5, 0.6) is 0 Å². The van der Waals surface area contributed by atoms with Gasteiger partial charge in [-0.05, 0) is 41.2 Å². The molecular formula is C40H26F4IrN5. The number of benzene rings is 3. The summed E-state index contributed by atoms with van der Waals surface area (Å²) in [5, 5.41) is 2.14. The molecule has 4 heterocycles. The Morgan fingerprint density at radius 2 is 1.32 bits per heavy atom. The van der Waals surface area contributed by atoms with Gasteiger partial charge in [0.15, 0.2) is 23.3 Å². The first-order chi connectivity index (χ1) is 24.0. The first-order valence-electron chi connectivity index (χ1n) is 14.8. The number of halogens is 4. The van der Waals surface area contributed by atoms with Crippen molar-refractivity contribution in [2.75, 3.05) is 11.9 Å². The quantitative estimate of drug-likeness (QED) is 0.0789. The minimum atomic E-state index is -1.57. The van der Waals surface area contributed by atoms with Crippen molar-refractivity contribution >= 4 is 17.5 Å². The third-order valence-corrected chi connectivity index (χ3v) is 6.80. The topological polar surface area (TPSA) is 64.3 Å². The van der Waals surface area contributed by atoms with Gasteiger partial charge in [0.2, 0.25) is 0 Å². The number of nitrogens with one attached hydrogen (secondary N) is 1. The Hall–Kier alpha value is -5.88. The molecule has 0 saturated heterocycles. The van der Waals surface area contributed by atoms with Gasteiger partial charge >= 0.3 is 20.1 Å². The van der Waals surface area contributed by atoms with Gasteiger partial charge in [-0.2, -0.15) is 6.20 Å². The molecule has 0 aliphatic carbocycles. The van der Waals surface area contributed by atoms with Crippen LogP contribution in [0.4, 0.5) is 23.2 Å². The van der Waals surface area contributed by atoms with E-state index in [2.05, 4.69) is 43.3 Å². The van der Waals surface area contributed by atoms with Crippen molar-refractivity contribution in [1.82, 2.24) is 15.0 Å². The SMILES string of the molecule is C#CCNc1c(F)c(F)c(/C(=C2\C=CC=N2)c2ccc[n-]2)c(F)c1F.[Ir+3].[c-]1ccccc1-c1ccccn1.[c-]1ccccc1-c1ccccn1. The number of rotatable bonds is 6. The fraction of sp³-hybridized carbons (Fsp3) is 0.0250. The molecule has 1 aliphatic rings. The summed E-state index contributed by atoms with van der Waals surface area (Å²) < 4.78 is 57.8. The number of aromatic nitrogens is 3. The van der Waals surface area contributed by atoms with Crippen LogP contribution in [0.15, 0.2) is 138 Å². The molecule has 6 aromatic rings. The number of hydrogen-bond donors (Lipinski definition) is 1. The van der Waals surface area contributed by atoms with Crippen LogP contribution in [0.2, 0.25) is 0 Å². The summed E-state index contributed by atoms with van der Waals surface area (Å²) in [5.41, 5.74) is 2.32. The van der Waals surface area contributed by atoms with Crippen LogP contribution >= 0.6 is 0 Å². The fourth-order valence-electron chi connectivity index (χ4n) is 4.58. The van der Waals surface area contributed by atoms with Crippen molar-refractivity contribution in [2.24, 2.45) is 4.99 Å². The molecule has 1 N–H and O–H groups in total. The number of allylic oxidation sites excluding steroid dienone is 2. The predicted octanol–water partition coefficient (Wildman–Crippen LogP) is 8.74. The second-order valence-corrected chi connectivity index (χ2v) is 9.97. The predicted molar refractivity (Wildman–Crippen MR) is 184 cm³/mol. The second kappa shape index (κ2) is 18.6. The van der Waals surface area contributed by atoms with Crippen LogP contribution in [-0.2, 0) is 20.1 Å². The van der Waals surface area contributed by atoms with E-state index in [0.29, 0.717) is 0 Å². The number of aliphatic imine (C=N–C) groups is 1. The molecule has 3 aromatic heterocycles. The van der Waals surface area contributed by atoms with Gasteiger partial charge in [0, 0.05) is 18.6 Å². The van der Waals surface area contributed by atoms with E-state index < -0.39 is 34.5 Å². The van der Waals surface area contributed by atoms with Gasteiger partial charge in [0.25, 0.3) is 0 Å². The summed E-state index contributed by atoms with van der Waals surface area (Å²) in [5.74, 6) is -4.17. The Labute approximate surface area is 300 Å². The molecule has 0 radical (unpaired) electrons. The minimum Gasteiger partial charge on any atom is -0.664 e. The first kappa shape index (κ1) is 36.9. The Bertz CT molecular complexity index is 1900. The van der Waals surface area contributed by atoms with Crippen LogP contribution in [0.1, 0.15) is 11.3 Å². The molecule has 248 valence electrons. The molecule has 0 fully saturated rings. The largest absolute Gasteiger partial charge is 3.00 e. The van der Waals surface area contributed by atoms with Crippen molar-refractivity contribution in [3.63, 3.8) is 0 Å². The molecule has 1 aliphatic heterocycles. The Morgan fingerprint density at radius 1 is 0.740 bits per heavy atom. The van der Waals surface area contributed by atoms with Gasteiger partial charge in [0.05, 0.1) is 17.8 Å². The van der Waals surface area contributed by atoms with E-state index >= 15 is 0 Å². The molecule has 0 amide bonds. The molecule has 10 heteroatoms. The normalized spacial score (nSPS) is 12.0. The zero-order valence-corrected chi connectivity index (χ0v) is 28.5.